The van der Waals surface area contributed by atoms with E-state index in [4.69, 9.17) is 77.8 Å². The molecule has 0 fully saturated rings. The molecule has 0 bridgehead atoms. The van der Waals surface area contributed by atoms with Gasteiger partial charge in [-0.15, -0.1) is 0 Å². The first-order chi connectivity index (χ1) is 8.93. The molecule has 0 radical (unpaired) electrons. The standard InChI is InChI=1S/4BO3.12Na.H2O4S/c4*2-1(3)4;;;;;;;;;;;;;1-5(2,3)4/h;;;;;;;;;;;;;;;;(H2,1,2,3,4)/q4*-3;12*+1;. The number of hydrogen-bond acceptors (Lipinski definition) is 14. The molecule has 0 aliphatic rings. The van der Waals surface area contributed by atoms with Gasteiger partial charge >= 0.3 is 365 Å². The van der Waals surface area contributed by atoms with E-state index in [9.17, 15) is 0 Å². The Bertz CT molecular complexity index is 231. The summed E-state index contributed by atoms with van der Waals surface area (Å²) in [6, 6.07) is 0. The summed E-state index contributed by atoms with van der Waals surface area (Å²) in [6.45, 7) is 0. The molecular formula is H2B4Na12O16S. The molecule has 0 spiro atoms. The van der Waals surface area contributed by atoms with Crippen LogP contribution in [0.2, 0.25) is 0 Å². The average Bonchev–Trinajstić information content (AvgIpc) is 1.91. The summed E-state index contributed by atoms with van der Waals surface area (Å²) in [5.74, 6) is 0. The van der Waals surface area contributed by atoms with Gasteiger partial charge in [-0.2, -0.15) is 8.42 Å². The van der Waals surface area contributed by atoms with Gasteiger partial charge in [0, 0.05) is 0 Å². The molecule has 0 amide bonds. The number of rotatable bonds is 0. The largest absolute Gasteiger partial charge is 1.00 e. The Morgan fingerprint density at radius 2 is 0.333 bits per heavy atom. The van der Waals surface area contributed by atoms with Crippen LogP contribution in [0.5, 0.6) is 0 Å². The van der Waals surface area contributed by atoms with Gasteiger partial charge in [0.2, 0.25) is 0 Å². The van der Waals surface area contributed by atoms with E-state index in [2.05, 4.69) is 0 Å². The zero-order chi connectivity index (χ0) is 18.8. The molecule has 0 saturated carbocycles. The molecular weight excluding hydrogens is 607 g/mol. The maximum Gasteiger partial charge on any atom is 1.00 e. The Kier molecular flexibility index (Phi) is 305. The zero-order valence-corrected chi connectivity index (χ0v) is 46.1. The van der Waals surface area contributed by atoms with Crippen LogP contribution < -0.4 is 415 Å². The van der Waals surface area contributed by atoms with Gasteiger partial charge in [0.05, 0.1) is 0 Å². The summed E-state index contributed by atoms with van der Waals surface area (Å²) < 4.78 is 31.6. The second-order valence-corrected chi connectivity index (χ2v) is 2.50. The molecule has 0 aromatic rings. The fourth-order valence-electron chi connectivity index (χ4n) is 0. The topological polar surface area (TPSA) is 351 Å². The smallest absolute Gasteiger partial charge is 0.907 e. The van der Waals surface area contributed by atoms with Gasteiger partial charge in [-0.1, -0.05) is 0 Å². The van der Waals surface area contributed by atoms with Crippen LogP contribution in [-0.2, 0) is 10.4 Å². The Balaban J connectivity index is -0.00000000594. The van der Waals surface area contributed by atoms with Crippen molar-refractivity contribution in [3.63, 3.8) is 0 Å². The second-order valence-electron chi connectivity index (χ2n) is 1.60. The van der Waals surface area contributed by atoms with E-state index in [0.29, 0.717) is 0 Å². The molecule has 33 heavy (non-hydrogen) atoms. The third-order valence-corrected chi connectivity index (χ3v) is 0. The third kappa shape index (κ3) is 558. The summed E-state index contributed by atoms with van der Waals surface area (Å²) in [5, 5.41) is 101. The summed E-state index contributed by atoms with van der Waals surface area (Å²) in [7, 11) is -16.3. The first kappa shape index (κ1) is 111. The van der Waals surface area contributed by atoms with E-state index in [-0.39, 0.29) is 355 Å². The molecule has 0 heterocycles. The summed E-state index contributed by atoms with van der Waals surface area (Å²) >= 11 is 0. The minimum Gasteiger partial charge on any atom is -0.907 e. The van der Waals surface area contributed by atoms with Crippen molar-refractivity contribution in [2.24, 2.45) is 0 Å². The first-order valence-electron chi connectivity index (χ1n) is 3.53. The van der Waals surface area contributed by atoms with Crippen molar-refractivity contribution in [2.45, 2.75) is 0 Å². The van der Waals surface area contributed by atoms with Crippen molar-refractivity contribution in [1.29, 1.82) is 0 Å². The molecule has 0 saturated heterocycles. The average molecular weight is 609 g/mol. The van der Waals surface area contributed by atoms with Crippen LogP contribution in [0.4, 0.5) is 0 Å². The van der Waals surface area contributed by atoms with Gasteiger partial charge in [-0.3, -0.25) is 38.4 Å². The van der Waals surface area contributed by atoms with Crippen LogP contribution in [0.3, 0.4) is 0 Å². The van der Waals surface area contributed by atoms with Crippen molar-refractivity contribution < 1.29 is 432 Å². The van der Waals surface area contributed by atoms with Crippen LogP contribution in [0.1, 0.15) is 0 Å². The van der Waals surface area contributed by atoms with E-state index < -0.39 is 39.7 Å². The molecule has 0 aliphatic carbocycles. The van der Waals surface area contributed by atoms with E-state index in [1.54, 1.807) is 0 Å². The van der Waals surface area contributed by atoms with Gasteiger partial charge in [0.15, 0.2) is 0 Å². The minimum atomic E-state index is -4.67. The van der Waals surface area contributed by atoms with E-state index >= 15 is 0 Å². The fourth-order valence-corrected chi connectivity index (χ4v) is 0. The molecule has 0 aromatic carbocycles. The first-order valence-corrected chi connectivity index (χ1v) is 4.92. The van der Waals surface area contributed by atoms with Crippen LogP contribution in [0.25, 0.3) is 0 Å². The van der Waals surface area contributed by atoms with E-state index in [1.165, 1.54) is 0 Å². The molecule has 0 atom stereocenters. The molecule has 0 unspecified atom stereocenters. The van der Waals surface area contributed by atoms with Crippen LogP contribution in [-0.4, -0.2) is 46.8 Å². The van der Waals surface area contributed by atoms with Gasteiger partial charge in [-0.05, 0) is 0 Å². The van der Waals surface area contributed by atoms with Crippen molar-refractivity contribution in [3.8, 4) is 0 Å². The Hall–Kier alpha value is 11.6. The van der Waals surface area contributed by atoms with Crippen molar-refractivity contribution in [2.75, 3.05) is 0 Å². The summed E-state index contributed by atoms with van der Waals surface area (Å²) in [6.07, 6.45) is 0. The molecule has 0 aliphatic heterocycles. The van der Waals surface area contributed by atoms with Gasteiger partial charge in [-0.25, -0.2) is 0 Å². The fraction of sp³-hybridized carbons (Fsp3) is 0. The predicted molar refractivity (Wildman–Crippen MR) is 37.2 cm³/mol. The van der Waals surface area contributed by atoms with Crippen molar-refractivity contribution in [1.82, 2.24) is 0 Å². The molecule has 0 aromatic heterocycles. The zero-order valence-electron chi connectivity index (χ0n) is 21.3. The van der Waals surface area contributed by atoms with Crippen LogP contribution >= 0.6 is 0 Å². The molecule has 128 valence electrons. The minimum absolute atomic E-state index is 0. The quantitative estimate of drug-likeness (QED) is 0.190. The molecule has 2 N–H and O–H groups in total. The SMILES string of the molecule is O=S(=O)(O)O.[Na+].[Na+].[Na+].[Na+].[Na+].[Na+].[Na+].[Na+].[Na+].[Na+].[Na+].[Na+].[O-]B([O-])[O-].[O-]B([O-])[O-].[O-]B([O-])[O-].[O-]B([O-])[O-]. The predicted octanol–water partition coefficient (Wildman–Crippen LogP) is -52.4. The van der Waals surface area contributed by atoms with Crippen molar-refractivity contribution >= 4 is 39.7 Å². The van der Waals surface area contributed by atoms with Gasteiger partial charge in [0.1, 0.15) is 0 Å². The maximum atomic E-state index is 8.74. The Morgan fingerprint density at radius 1 is 0.333 bits per heavy atom. The molecule has 16 nitrogen and oxygen atoms in total. The summed E-state index contributed by atoms with van der Waals surface area (Å²) in [5.41, 5.74) is 0. The van der Waals surface area contributed by atoms with Crippen molar-refractivity contribution in [3.05, 3.63) is 0 Å². The van der Waals surface area contributed by atoms with E-state index in [0.717, 1.165) is 0 Å². The Morgan fingerprint density at radius 3 is 0.333 bits per heavy atom. The molecule has 0 rings (SSSR count). The van der Waals surface area contributed by atoms with E-state index in [1.807, 2.05) is 0 Å². The van der Waals surface area contributed by atoms with Crippen LogP contribution in [0.15, 0.2) is 0 Å². The third-order valence-electron chi connectivity index (χ3n) is 0. The maximum absolute atomic E-state index is 8.74. The second kappa shape index (κ2) is 90.3. The molecule has 33 heteroatoms. The van der Waals surface area contributed by atoms with Crippen LogP contribution in [0, 0.1) is 0 Å². The number of hydrogen-bond donors (Lipinski definition) is 2. The Labute approximate surface area is 459 Å². The summed E-state index contributed by atoms with van der Waals surface area (Å²) in [4.78, 5) is 0. The normalized spacial score (nSPS) is 5.03. The monoisotopic (exact) mass is 610 g/mol. The van der Waals surface area contributed by atoms with Gasteiger partial charge < -0.3 is 60.3 Å². The van der Waals surface area contributed by atoms with Gasteiger partial charge in [0.25, 0.3) is 0 Å².